The fourth-order valence-electron chi connectivity index (χ4n) is 4.41. The number of halogens is 2. The number of rotatable bonds is 3. The molecule has 5 rings (SSSR count). The van der Waals surface area contributed by atoms with E-state index in [1.54, 1.807) is 12.3 Å². The molecule has 1 aromatic carbocycles. The Hall–Kier alpha value is -1.80. The minimum absolute atomic E-state index is 0.182. The Morgan fingerprint density at radius 3 is 2.61 bits per heavy atom. The number of ether oxygens (including phenoxy) is 1. The molecule has 2 aromatic heterocycles. The molecule has 162 valence electrons. The minimum Gasteiger partial charge on any atom is -0.368 e. The topological polar surface area (TPSA) is 66.5 Å². The maximum Gasteiger partial charge on any atom is 0.211 e. The summed E-state index contributed by atoms with van der Waals surface area (Å²) in [6.07, 6.45) is 7.15. The minimum atomic E-state index is -0.423. The Balaban J connectivity index is 1.40. The average molecular weight is 476 g/mol. The standard InChI is InChI=1S/C22H23Cl2N5OS/c1-21(2)13-30-22(19(21)25)6-9-28(10-7-22)20-27-12-16(18-26-8-11-29(18)20)31-15-5-3-4-14(23)17(15)24/h3-5,8,11-12,25H,6-7,9-10,13H2,1-2H3. The summed E-state index contributed by atoms with van der Waals surface area (Å²) >= 11 is 14.0. The highest BCUT2D eigenvalue weighted by molar-refractivity contribution is 7.99. The largest absolute Gasteiger partial charge is 0.368 e. The number of nitrogens with zero attached hydrogens (tertiary/aromatic N) is 4. The van der Waals surface area contributed by atoms with Crippen LogP contribution < -0.4 is 4.90 Å². The Labute approximate surface area is 195 Å². The fraction of sp³-hybridized carbons (Fsp3) is 0.409. The Morgan fingerprint density at radius 2 is 1.90 bits per heavy atom. The van der Waals surface area contributed by atoms with Crippen LogP contribution in [0.2, 0.25) is 10.0 Å². The van der Waals surface area contributed by atoms with Gasteiger partial charge in [-0.15, -0.1) is 0 Å². The molecule has 31 heavy (non-hydrogen) atoms. The lowest BCUT2D eigenvalue weighted by Crippen LogP contribution is -2.50. The monoisotopic (exact) mass is 475 g/mol. The molecule has 0 atom stereocenters. The molecule has 4 heterocycles. The molecule has 2 fully saturated rings. The molecule has 1 N–H and O–H groups in total. The summed E-state index contributed by atoms with van der Waals surface area (Å²) in [5, 5.41) is 9.70. The zero-order chi connectivity index (χ0) is 21.8. The molecular weight excluding hydrogens is 453 g/mol. The third-order valence-electron chi connectivity index (χ3n) is 6.21. The van der Waals surface area contributed by atoms with Crippen molar-refractivity contribution in [2.24, 2.45) is 5.41 Å². The van der Waals surface area contributed by atoms with Gasteiger partial charge >= 0.3 is 0 Å². The second kappa shape index (κ2) is 7.66. The van der Waals surface area contributed by atoms with E-state index in [-0.39, 0.29) is 5.41 Å². The van der Waals surface area contributed by atoms with Crippen molar-refractivity contribution in [3.05, 3.63) is 46.8 Å². The molecule has 3 aromatic rings. The first-order valence-electron chi connectivity index (χ1n) is 10.2. The number of hydrogen-bond acceptors (Lipinski definition) is 6. The first-order valence-corrected chi connectivity index (χ1v) is 11.8. The van der Waals surface area contributed by atoms with Crippen LogP contribution in [0, 0.1) is 10.8 Å². The van der Waals surface area contributed by atoms with Crippen LogP contribution in [0.1, 0.15) is 26.7 Å². The van der Waals surface area contributed by atoms with E-state index in [1.807, 2.05) is 28.9 Å². The molecule has 0 amide bonds. The van der Waals surface area contributed by atoms with Crippen molar-refractivity contribution in [1.82, 2.24) is 14.4 Å². The summed E-state index contributed by atoms with van der Waals surface area (Å²) in [5.41, 5.74) is 0.953. The summed E-state index contributed by atoms with van der Waals surface area (Å²) < 4.78 is 8.17. The Morgan fingerprint density at radius 1 is 1.13 bits per heavy atom. The van der Waals surface area contributed by atoms with E-state index in [2.05, 4.69) is 23.7 Å². The van der Waals surface area contributed by atoms with Crippen molar-refractivity contribution in [3.8, 4) is 0 Å². The molecule has 0 radical (unpaired) electrons. The van der Waals surface area contributed by atoms with Crippen LogP contribution in [0.3, 0.4) is 0 Å². The van der Waals surface area contributed by atoms with Gasteiger partial charge in [0.2, 0.25) is 5.95 Å². The normalized spacial score (nSPS) is 20.1. The van der Waals surface area contributed by atoms with Gasteiger partial charge in [0.05, 0.1) is 21.5 Å². The number of nitrogens with one attached hydrogen (secondary N) is 1. The highest BCUT2D eigenvalue weighted by atomic mass is 35.5. The summed E-state index contributed by atoms with van der Waals surface area (Å²) in [4.78, 5) is 13.4. The number of imidazole rings is 1. The van der Waals surface area contributed by atoms with Gasteiger partial charge < -0.3 is 15.0 Å². The van der Waals surface area contributed by atoms with Gasteiger partial charge in [0, 0.05) is 47.7 Å². The summed E-state index contributed by atoms with van der Waals surface area (Å²) in [6.45, 7) is 6.37. The number of hydrogen-bond donors (Lipinski definition) is 1. The third kappa shape index (κ3) is 3.52. The number of benzene rings is 1. The van der Waals surface area contributed by atoms with E-state index in [9.17, 15) is 0 Å². The van der Waals surface area contributed by atoms with Crippen molar-refractivity contribution >= 4 is 52.3 Å². The molecule has 6 nitrogen and oxygen atoms in total. The van der Waals surface area contributed by atoms with E-state index in [4.69, 9.17) is 38.3 Å². The summed E-state index contributed by atoms with van der Waals surface area (Å²) in [6, 6.07) is 5.60. The second-order valence-corrected chi connectivity index (χ2v) is 10.6. The SMILES string of the molecule is CC1(C)COC2(CCN(c3ncc(Sc4cccc(Cl)c4Cl)c4nccn34)CC2)C1=N. The lowest BCUT2D eigenvalue weighted by atomic mass is 9.77. The van der Waals surface area contributed by atoms with Crippen LogP contribution in [-0.4, -0.2) is 45.4 Å². The van der Waals surface area contributed by atoms with Crippen LogP contribution in [0.25, 0.3) is 5.65 Å². The van der Waals surface area contributed by atoms with Crippen LogP contribution in [0.15, 0.2) is 46.6 Å². The molecule has 0 unspecified atom stereocenters. The van der Waals surface area contributed by atoms with Gasteiger partial charge in [0.15, 0.2) is 5.65 Å². The number of anilines is 1. The van der Waals surface area contributed by atoms with Gasteiger partial charge in [-0.05, 0) is 25.0 Å². The molecule has 2 aliphatic rings. The molecule has 9 heteroatoms. The first-order chi connectivity index (χ1) is 14.8. The fourth-order valence-corrected chi connectivity index (χ4v) is 5.82. The predicted octanol–water partition coefficient (Wildman–Crippen LogP) is 5.60. The van der Waals surface area contributed by atoms with Crippen LogP contribution >= 0.6 is 35.0 Å². The van der Waals surface area contributed by atoms with E-state index >= 15 is 0 Å². The molecule has 0 aliphatic carbocycles. The zero-order valence-corrected chi connectivity index (χ0v) is 19.7. The van der Waals surface area contributed by atoms with Gasteiger partial charge in [-0.25, -0.2) is 9.97 Å². The smallest absolute Gasteiger partial charge is 0.211 e. The molecule has 2 aliphatic heterocycles. The lowest BCUT2D eigenvalue weighted by molar-refractivity contribution is 0.00788. The van der Waals surface area contributed by atoms with Gasteiger partial charge in [0.1, 0.15) is 5.60 Å². The van der Waals surface area contributed by atoms with E-state index < -0.39 is 5.60 Å². The number of fused-ring (bicyclic) bond motifs is 1. The summed E-state index contributed by atoms with van der Waals surface area (Å²) in [5.74, 6) is 0.854. The van der Waals surface area contributed by atoms with E-state index in [0.29, 0.717) is 16.7 Å². The van der Waals surface area contributed by atoms with Crippen LogP contribution in [0.5, 0.6) is 0 Å². The maximum atomic E-state index is 8.64. The molecule has 2 saturated heterocycles. The third-order valence-corrected chi connectivity index (χ3v) is 8.20. The zero-order valence-electron chi connectivity index (χ0n) is 17.4. The van der Waals surface area contributed by atoms with Gasteiger partial charge in [-0.2, -0.15) is 0 Å². The van der Waals surface area contributed by atoms with Crippen LogP contribution in [-0.2, 0) is 4.74 Å². The molecule has 0 saturated carbocycles. The van der Waals surface area contributed by atoms with Gasteiger partial charge in [-0.3, -0.25) is 4.40 Å². The number of aromatic nitrogens is 3. The van der Waals surface area contributed by atoms with Crippen molar-refractivity contribution in [2.75, 3.05) is 24.6 Å². The van der Waals surface area contributed by atoms with Crippen molar-refractivity contribution in [3.63, 3.8) is 0 Å². The summed E-state index contributed by atoms with van der Waals surface area (Å²) in [7, 11) is 0. The number of piperidine rings is 1. The maximum absolute atomic E-state index is 8.64. The Bertz CT molecular complexity index is 1170. The van der Waals surface area contributed by atoms with Crippen molar-refractivity contribution in [1.29, 1.82) is 5.41 Å². The van der Waals surface area contributed by atoms with E-state index in [1.165, 1.54) is 11.8 Å². The highest BCUT2D eigenvalue weighted by Crippen LogP contribution is 2.43. The lowest BCUT2D eigenvalue weighted by Gasteiger charge is -2.39. The van der Waals surface area contributed by atoms with Crippen molar-refractivity contribution < 1.29 is 4.74 Å². The van der Waals surface area contributed by atoms with Gasteiger partial charge in [-0.1, -0.05) is 54.9 Å². The molecular formula is C22H23Cl2N5OS. The Kier molecular flexibility index (Phi) is 5.20. The van der Waals surface area contributed by atoms with Crippen molar-refractivity contribution in [2.45, 2.75) is 42.1 Å². The second-order valence-electron chi connectivity index (χ2n) is 8.73. The van der Waals surface area contributed by atoms with Gasteiger partial charge in [0.25, 0.3) is 0 Å². The predicted molar refractivity (Wildman–Crippen MR) is 125 cm³/mol. The molecule has 0 bridgehead atoms. The average Bonchev–Trinajstić information content (AvgIpc) is 3.33. The first kappa shape index (κ1) is 21.1. The van der Waals surface area contributed by atoms with E-state index in [0.717, 1.165) is 53.0 Å². The van der Waals surface area contributed by atoms with Crippen LogP contribution in [0.4, 0.5) is 5.95 Å². The quantitative estimate of drug-likeness (QED) is 0.533. The highest BCUT2D eigenvalue weighted by Gasteiger charge is 2.51. The molecule has 1 spiro atoms.